The molecule has 4 nitrogen and oxygen atoms in total. The number of nitrogens with zero attached hydrogens (tertiary/aromatic N) is 3. The SMILES string of the molecule is Clc1ccc(CNc2cccc(Cl)c2-n2cncn2)cc1. The van der Waals surface area contributed by atoms with Crippen molar-refractivity contribution in [3.8, 4) is 5.69 Å². The predicted octanol–water partition coefficient (Wildman–Crippen LogP) is 4.19. The van der Waals surface area contributed by atoms with Gasteiger partial charge in [-0.1, -0.05) is 41.4 Å². The number of hydrogen-bond donors (Lipinski definition) is 1. The summed E-state index contributed by atoms with van der Waals surface area (Å²) in [6.07, 6.45) is 3.10. The maximum absolute atomic E-state index is 6.28. The standard InChI is InChI=1S/C15H12Cl2N4/c16-12-6-4-11(5-7-12)8-19-14-3-1-2-13(17)15(14)21-10-18-9-20-21/h1-7,9-10,19H,8H2. The minimum Gasteiger partial charge on any atom is -0.379 e. The molecule has 0 fully saturated rings. The van der Waals surface area contributed by atoms with Crippen LogP contribution in [0.5, 0.6) is 0 Å². The molecule has 0 spiro atoms. The zero-order valence-corrected chi connectivity index (χ0v) is 12.5. The van der Waals surface area contributed by atoms with Gasteiger partial charge in [-0.2, -0.15) is 5.10 Å². The zero-order valence-electron chi connectivity index (χ0n) is 11.0. The molecule has 0 saturated heterocycles. The molecule has 0 radical (unpaired) electrons. The van der Waals surface area contributed by atoms with Crippen molar-refractivity contribution >= 4 is 28.9 Å². The van der Waals surface area contributed by atoms with Gasteiger partial charge >= 0.3 is 0 Å². The van der Waals surface area contributed by atoms with Gasteiger partial charge in [0.25, 0.3) is 0 Å². The van der Waals surface area contributed by atoms with Crippen LogP contribution in [-0.2, 0) is 6.54 Å². The molecule has 0 aliphatic heterocycles. The summed E-state index contributed by atoms with van der Waals surface area (Å²) in [6, 6.07) is 13.4. The van der Waals surface area contributed by atoms with Gasteiger partial charge < -0.3 is 5.32 Å². The number of para-hydroxylation sites is 1. The molecular formula is C15H12Cl2N4. The molecule has 6 heteroatoms. The second-order valence-electron chi connectivity index (χ2n) is 4.46. The van der Waals surface area contributed by atoms with E-state index in [1.165, 1.54) is 6.33 Å². The summed E-state index contributed by atoms with van der Waals surface area (Å²) in [5.41, 5.74) is 2.80. The van der Waals surface area contributed by atoms with Crippen LogP contribution in [0.15, 0.2) is 55.1 Å². The Morgan fingerprint density at radius 2 is 1.86 bits per heavy atom. The molecule has 1 heterocycles. The summed E-state index contributed by atoms with van der Waals surface area (Å²) in [7, 11) is 0. The molecule has 2 aromatic carbocycles. The topological polar surface area (TPSA) is 42.7 Å². The van der Waals surface area contributed by atoms with E-state index in [2.05, 4.69) is 15.4 Å². The molecule has 1 aromatic heterocycles. The molecule has 0 atom stereocenters. The minimum absolute atomic E-state index is 0.613. The van der Waals surface area contributed by atoms with Gasteiger partial charge in [0.15, 0.2) is 0 Å². The molecule has 0 aliphatic rings. The monoisotopic (exact) mass is 318 g/mol. The number of halogens is 2. The van der Waals surface area contributed by atoms with Crippen LogP contribution in [0, 0.1) is 0 Å². The van der Waals surface area contributed by atoms with Crippen molar-refractivity contribution in [1.29, 1.82) is 0 Å². The van der Waals surface area contributed by atoms with Gasteiger partial charge in [0.2, 0.25) is 0 Å². The van der Waals surface area contributed by atoms with Crippen molar-refractivity contribution in [1.82, 2.24) is 14.8 Å². The highest BCUT2D eigenvalue weighted by Gasteiger charge is 2.09. The summed E-state index contributed by atoms with van der Waals surface area (Å²) in [6.45, 7) is 0.666. The first-order chi connectivity index (χ1) is 10.2. The van der Waals surface area contributed by atoms with E-state index in [9.17, 15) is 0 Å². The second kappa shape index (κ2) is 6.16. The molecule has 106 valence electrons. The van der Waals surface area contributed by atoms with Gasteiger partial charge in [-0.05, 0) is 29.8 Å². The summed E-state index contributed by atoms with van der Waals surface area (Å²) in [5.74, 6) is 0. The van der Waals surface area contributed by atoms with Crippen LogP contribution in [0.1, 0.15) is 5.56 Å². The Morgan fingerprint density at radius 3 is 2.57 bits per heavy atom. The normalized spacial score (nSPS) is 10.6. The first kappa shape index (κ1) is 13.9. The number of benzene rings is 2. The van der Waals surface area contributed by atoms with E-state index in [0.29, 0.717) is 11.6 Å². The van der Waals surface area contributed by atoms with Crippen LogP contribution >= 0.6 is 23.2 Å². The number of rotatable bonds is 4. The van der Waals surface area contributed by atoms with E-state index < -0.39 is 0 Å². The van der Waals surface area contributed by atoms with Crippen molar-refractivity contribution in [2.75, 3.05) is 5.32 Å². The van der Waals surface area contributed by atoms with Crippen LogP contribution in [0.2, 0.25) is 10.0 Å². The quantitative estimate of drug-likeness (QED) is 0.784. The molecule has 3 rings (SSSR count). The first-order valence-electron chi connectivity index (χ1n) is 6.36. The maximum Gasteiger partial charge on any atom is 0.138 e. The Bertz CT molecular complexity index is 724. The Kier molecular flexibility index (Phi) is 4.08. The van der Waals surface area contributed by atoms with E-state index >= 15 is 0 Å². The minimum atomic E-state index is 0.613. The van der Waals surface area contributed by atoms with E-state index in [0.717, 1.165) is 22.0 Å². The fraction of sp³-hybridized carbons (Fsp3) is 0.0667. The van der Waals surface area contributed by atoms with Crippen LogP contribution in [0.4, 0.5) is 5.69 Å². The first-order valence-corrected chi connectivity index (χ1v) is 7.11. The van der Waals surface area contributed by atoms with Gasteiger partial charge in [0.1, 0.15) is 18.3 Å². The lowest BCUT2D eigenvalue weighted by Gasteiger charge is -2.13. The van der Waals surface area contributed by atoms with Crippen LogP contribution in [0.3, 0.4) is 0 Å². The van der Waals surface area contributed by atoms with E-state index in [4.69, 9.17) is 23.2 Å². The lowest BCUT2D eigenvalue weighted by Crippen LogP contribution is -2.05. The number of anilines is 1. The molecule has 0 amide bonds. The third-order valence-electron chi connectivity index (χ3n) is 3.03. The Labute approximate surface area is 132 Å². The van der Waals surface area contributed by atoms with Crippen molar-refractivity contribution < 1.29 is 0 Å². The summed E-state index contributed by atoms with van der Waals surface area (Å²) in [4.78, 5) is 3.96. The summed E-state index contributed by atoms with van der Waals surface area (Å²) in [5, 5.41) is 8.84. The van der Waals surface area contributed by atoms with Gasteiger partial charge in [-0.3, -0.25) is 0 Å². The molecule has 0 unspecified atom stereocenters. The molecule has 0 bridgehead atoms. The number of hydrogen-bond acceptors (Lipinski definition) is 3. The fourth-order valence-corrected chi connectivity index (χ4v) is 2.40. The lowest BCUT2D eigenvalue weighted by molar-refractivity contribution is 0.878. The molecule has 1 N–H and O–H groups in total. The average Bonchev–Trinajstić information content (AvgIpc) is 3.00. The predicted molar refractivity (Wildman–Crippen MR) is 85.1 cm³/mol. The molecule has 3 aromatic rings. The van der Waals surface area contributed by atoms with Crippen LogP contribution in [-0.4, -0.2) is 14.8 Å². The van der Waals surface area contributed by atoms with Crippen molar-refractivity contribution in [3.63, 3.8) is 0 Å². The van der Waals surface area contributed by atoms with Crippen molar-refractivity contribution in [2.45, 2.75) is 6.54 Å². The highest BCUT2D eigenvalue weighted by molar-refractivity contribution is 6.33. The van der Waals surface area contributed by atoms with Crippen molar-refractivity contribution in [3.05, 3.63) is 70.7 Å². The zero-order chi connectivity index (χ0) is 14.7. The van der Waals surface area contributed by atoms with Crippen LogP contribution in [0.25, 0.3) is 5.69 Å². The average molecular weight is 319 g/mol. The lowest BCUT2D eigenvalue weighted by atomic mass is 10.2. The Hall–Kier alpha value is -2.04. The summed E-state index contributed by atoms with van der Waals surface area (Å²) >= 11 is 12.2. The molecule has 0 aliphatic carbocycles. The largest absolute Gasteiger partial charge is 0.379 e. The maximum atomic E-state index is 6.28. The third kappa shape index (κ3) is 3.17. The number of nitrogens with one attached hydrogen (secondary N) is 1. The van der Waals surface area contributed by atoms with E-state index in [-0.39, 0.29) is 0 Å². The van der Waals surface area contributed by atoms with Gasteiger partial charge in [-0.25, -0.2) is 9.67 Å². The molecule has 21 heavy (non-hydrogen) atoms. The third-order valence-corrected chi connectivity index (χ3v) is 3.59. The van der Waals surface area contributed by atoms with Gasteiger partial charge in [0.05, 0.1) is 10.7 Å². The smallest absolute Gasteiger partial charge is 0.138 e. The second-order valence-corrected chi connectivity index (χ2v) is 5.30. The number of aromatic nitrogens is 3. The van der Waals surface area contributed by atoms with E-state index in [1.807, 2.05) is 42.5 Å². The molecule has 0 saturated carbocycles. The highest BCUT2D eigenvalue weighted by Crippen LogP contribution is 2.28. The van der Waals surface area contributed by atoms with E-state index in [1.54, 1.807) is 11.0 Å². The van der Waals surface area contributed by atoms with Crippen molar-refractivity contribution in [2.24, 2.45) is 0 Å². The fourth-order valence-electron chi connectivity index (χ4n) is 2.01. The highest BCUT2D eigenvalue weighted by atomic mass is 35.5. The summed E-state index contributed by atoms with van der Waals surface area (Å²) < 4.78 is 1.65. The van der Waals surface area contributed by atoms with Gasteiger partial charge in [-0.15, -0.1) is 0 Å². The molecular weight excluding hydrogens is 307 g/mol. The Balaban J connectivity index is 1.86. The van der Waals surface area contributed by atoms with Crippen LogP contribution < -0.4 is 5.32 Å². The van der Waals surface area contributed by atoms with Gasteiger partial charge in [0, 0.05) is 11.6 Å². The Morgan fingerprint density at radius 1 is 1.05 bits per heavy atom.